The van der Waals surface area contributed by atoms with Crippen LogP contribution in [0.2, 0.25) is 0 Å². The van der Waals surface area contributed by atoms with E-state index in [0.717, 1.165) is 55.1 Å². The molecule has 1 saturated heterocycles. The van der Waals surface area contributed by atoms with E-state index < -0.39 is 0 Å². The smallest absolute Gasteiger partial charge is 0.148 e. The molecule has 4 rings (SSSR count). The molecule has 3 aromatic carbocycles. The van der Waals surface area contributed by atoms with Gasteiger partial charge in [0.15, 0.2) is 0 Å². The van der Waals surface area contributed by atoms with Crippen molar-refractivity contribution in [3.8, 4) is 18.1 Å². The lowest BCUT2D eigenvalue weighted by Gasteiger charge is -2.30. The Labute approximate surface area is 237 Å². The highest BCUT2D eigenvalue weighted by atomic mass is 32.2. The van der Waals surface area contributed by atoms with Crippen molar-refractivity contribution in [1.29, 1.82) is 0 Å². The molecule has 1 aliphatic heterocycles. The van der Waals surface area contributed by atoms with E-state index in [9.17, 15) is 4.39 Å². The van der Waals surface area contributed by atoms with Crippen molar-refractivity contribution < 1.29 is 9.13 Å². The molecular formula is C33H38FN3OS. The molecule has 0 unspecified atom stereocenters. The summed E-state index contributed by atoms with van der Waals surface area (Å²) < 4.78 is 22.3. The van der Waals surface area contributed by atoms with Crippen molar-refractivity contribution >= 4 is 17.5 Å². The molecule has 0 spiro atoms. The Bertz CT molecular complexity index is 1190. The van der Waals surface area contributed by atoms with Crippen LogP contribution in [-0.2, 0) is 0 Å². The topological polar surface area (TPSA) is 50.5 Å². The average Bonchev–Trinajstić information content (AvgIpc) is 2.98. The highest BCUT2D eigenvalue weighted by Crippen LogP contribution is 2.32. The normalized spacial score (nSPS) is 13.4. The van der Waals surface area contributed by atoms with Crippen LogP contribution in [0.5, 0.6) is 5.75 Å². The van der Waals surface area contributed by atoms with E-state index >= 15 is 0 Å². The van der Waals surface area contributed by atoms with E-state index in [4.69, 9.17) is 11.2 Å². The molecule has 1 aliphatic rings. The zero-order chi connectivity index (χ0) is 27.9. The zero-order valence-electron chi connectivity index (χ0n) is 22.8. The van der Waals surface area contributed by atoms with Gasteiger partial charge in [0, 0.05) is 30.7 Å². The van der Waals surface area contributed by atoms with E-state index in [2.05, 4.69) is 58.5 Å². The van der Waals surface area contributed by atoms with Gasteiger partial charge >= 0.3 is 0 Å². The fourth-order valence-corrected chi connectivity index (χ4v) is 5.00. The maximum Gasteiger partial charge on any atom is 0.148 e. The minimum Gasteiger partial charge on any atom is -0.481 e. The molecule has 0 saturated carbocycles. The van der Waals surface area contributed by atoms with Crippen molar-refractivity contribution in [2.45, 2.75) is 31.1 Å². The number of likely N-dealkylation sites (tertiary alicyclic amines) is 1. The lowest BCUT2D eigenvalue weighted by atomic mass is 9.88. The first-order chi connectivity index (χ1) is 19.1. The Morgan fingerprint density at radius 2 is 1.62 bits per heavy atom. The van der Waals surface area contributed by atoms with Gasteiger partial charge in [-0.15, -0.1) is 6.42 Å². The fourth-order valence-electron chi connectivity index (χ4n) is 4.43. The predicted octanol–water partition coefficient (Wildman–Crippen LogP) is 6.82. The summed E-state index contributed by atoms with van der Waals surface area (Å²) in [6, 6.07) is 23.5. The maximum atomic E-state index is 13.6. The Morgan fingerprint density at radius 1 is 1.00 bits per heavy atom. The maximum absolute atomic E-state index is 13.6. The Kier molecular flexibility index (Phi) is 12.7. The summed E-state index contributed by atoms with van der Waals surface area (Å²) in [5, 5.41) is 0. The molecule has 0 radical (unpaired) electrons. The van der Waals surface area contributed by atoms with Gasteiger partial charge in [-0.2, -0.15) is 0 Å². The van der Waals surface area contributed by atoms with Gasteiger partial charge in [-0.3, -0.25) is 0 Å². The molecule has 1 fully saturated rings. The molecule has 3 aromatic rings. The third-order valence-corrected chi connectivity index (χ3v) is 7.17. The minimum absolute atomic E-state index is 0.198. The molecule has 0 bridgehead atoms. The molecule has 204 valence electrons. The standard InChI is InChI=1S/C32H33FN2OS.CH5N/c1-3-24-36-30-14-16-31(17-15-30)37-34-20-4-5-21-35-22-18-28(19-23-35)32(26-8-6-25(2)7-9-26)27-10-12-29(33)13-11-27;1-2/h1,4,6-17,20,34H,5,18-19,21-24H2,2H3;2H2,1H3/b20-4+;. The highest BCUT2D eigenvalue weighted by molar-refractivity contribution is 7.97. The molecule has 39 heavy (non-hydrogen) atoms. The zero-order valence-corrected chi connectivity index (χ0v) is 23.6. The Balaban J connectivity index is 0.00000205. The predicted molar refractivity (Wildman–Crippen MR) is 163 cm³/mol. The summed E-state index contributed by atoms with van der Waals surface area (Å²) in [6.45, 7) is 5.50. The van der Waals surface area contributed by atoms with Crippen LogP contribution in [0.25, 0.3) is 5.57 Å². The molecule has 0 aromatic heterocycles. The van der Waals surface area contributed by atoms with Gasteiger partial charge in [0.2, 0.25) is 0 Å². The summed E-state index contributed by atoms with van der Waals surface area (Å²) in [7, 11) is 1.50. The van der Waals surface area contributed by atoms with Crippen molar-refractivity contribution in [3.05, 3.63) is 113 Å². The van der Waals surface area contributed by atoms with Crippen LogP contribution in [0.1, 0.15) is 36.0 Å². The lowest BCUT2D eigenvalue weighted by molar-refractivity contribution is 0.261. The largest absolute Gasteiger partial charge is 0.481 e. The van der Waals surface area contributed by atoms with Crippen molar-refractivity contribution in [2.75, 3.05) is 33.3 Å². The van der Waals surface area contributed by atoms with Gasteiger partial charge in [0.05, 0.1) is 0 Å². The molecule has 1 heterocycles. The molecule has 0 atom stereocenters. The van der Waals surface area contributed by atoms with Gasteiger partial charge in [0.1, 0.15) is 18.2 Å². The molecule has 4 nitrogen and oxygen atoms in total. The van der Waals surface area contributed by atoms with Crippen LogP contribution in [0.15, 0.2) is 95.5 Å². The van der Waals surface area contributed by atoms with Gasteiger partial charge in [-0.05, 0) is 98.3 Å². The number of aryl methyl sites for hydroxylation is 1. The van der Waals surface area contributed by atoms with Crippen LogP contribution in [-0.4, -0.2) is 38.2 Å². The lowest BCUT2D eigenvalue weighted by Crippen LogP contribution is -2.31. The first kappa shape index (κ1) is 30.0. The molecule has 6 heteroatoms. The summed E-state index contributed by atoms with van der Waals surface area (Å²) >= 11 is 1.56. The van der Waals surface area contributed by atoms with Gasteiger partial charge < -0.3 is 20.1 Å². The third-order valence-electron chi connectivity index (χ3n) is 6.41. The molecule has 0 amide bonds. The number of rotatable bonds is 10. The summed E-state index contributed by atoms with van der Waals surface area (Å²) in [5.74, 6) is 3.05. The second-order valence-corrected chi connectivity index (χ2v) is 9.98. The number of ether oxygens (including phenoxy) is 1. The number of nitrogens with zero attached hydrogens (tertiary/aromatic N) is 1. The fraction of sp³-hybridized carbons (Fsp3) is 0.273. The Hall–Kier alpha value is -3.50. The SMILES string of the molecule is C#CCOc1ccc(SN/C=C/CCN2CCC(=C(c3ccc(C)cc3)c3ccc(F)cc3)CC2)cc1.CN. The minimum atomic E-state index is -0.198. The quantitative estimate of drug-likeness (QED) is 0.217. The number of piperidine rings is 1. The second kappa shape index (κ2) is 16.5. The van der Waals surface area contributed by atoms with Crippen LogP contribution in [0, 0.1) is 25.1 Å². The van der Waals surface area contributed by atoms with E-state index in [-0.39, 0.29) is 12.4 Å². The first-order valence-corrected chi connectivity index (χ1v) is 14.0. The van der Waals surface area contributed by atoms with E-state index in [0.29, 0.717) is 0 Å². The molecule has 3 N–H and O–H groups in total. The number of benzene rings is 3. The van der Waals surface area contributed by atoms with E-state index in [1.807, 2.05) is 42.6 Å². The number of halogens is 1. The first-order valence-electron chi connectivity index (χ1n) is 13.2. The third kappa shape index (κ3) is 9.63. The Morgan fingerprint density at radius 3 is 2.23 bits per heavy atom. The van der Waals surface area contributed by atoms with Crippen molar-refractivity contribution in [1.82, 2.24) is 9.62 Å². The molecule has 0 aliphatic carbocycles. The number of hydrogen-bond donors (Lipinski definition) is 2. The average molecular weight is 544 g/mol. The van der Waals surface area contributed by atoms with Crippen LogP contribution < -0.4 is 15.2 Å². The van der Waals surface area contributed by atoms with Crippen molar-refractivity contribution in [2.24, 2.45) is 5.73 Å². The molecular weight excluding hydrogens is 505 g/mol. The highest BCUT2D eigenvalue weighted by Gasteiger charge is 2.18. The van der Waals surface area contributed by atoms with Crippen LogP contribution >= 0.6 is 11.9 Å². The monoisotopic (exact) mass is 543 g/mol. The number of hydrogen-bond acceptors (Lipinski definition) is 5. The van der Waals surface area contributed by atoms with Gasteiger partial charge in [-0.25, -0.2) is 4.39 Å². The van der Waals surface area contributed by atoms with Gasteiger partial charge in [-0.1, -0.05) is 59.5 Å². The van der Waals surface area contributed by atoms with E-state index in [1.165, 1.54) is 29.3 Å². The summed E-state index contributed by atoms with van der Waals surface area (Å²) in [6.07, 6.45) is 12.5. The van der Waals surface area contributed by atoms with Crippen LogP contribution in [0.4, 0.5) is 4.39 Å². The van der Waals surface area contributed by atoms with Crippen LogP contribution in [0.3, 0.4) is 0 Å². The van der Waals surface area contributed by atoms with Crippen molar-refractivity contribution in [3.63, 3.8) is 0 Å². The van der Waals surface area contributed by atoms with Gasteiger partial charge in [0.25, 0.3) is 0 Å². The summed E-state index contributed by atoms with van der Waals surface area (Å²) in [4.78, 5) is 3.63. The van der Waals surface area contributed by atoms with E-state index in [1.54, 1.807) is 24.1 Å². The number of terminal acetylenes is 1. The number of nitrogens with one attached hydrogen (secondary N) is 1. The summed E-state index contributed by atoms with van der Waals surface area (Å²) in [5.41, 5.74) is 10.8. The second-order valence-electron chi connectivity index (χ2n) is 9.07. The number of nitrogens with two attached hydrogens (primary N) is 1.